The smallest absolute Gasteiger partial charge is 0.409 e. The summed E-state index contributed by atoms with van der Waals surface area (Å²) in [6.45, 7) is 8.04. The van der Waals surface area contributed by atoms with Gasteiger partial charge in [-0.15, -0.1) is 0 Å². The molecule has 0 bridgehead atoms. The minimum absolute atomic E-state index is 0.532. The lowest BCUT2D eigenvalue weighted by molar-refractivity contribution is 0.386. The predicted octanol–water partition coefficient (Wildman–Crippen LogP) is 14.5. The van der Waals surface area contributed by atoms with Crippen LogP contribution in [0.15, 0.2) is 195 Å². The highest BCUT2D eigenvalue weighted by molar-refractivity contribution is 7.43. The molecule has 8 aromatic carbocycles. The van der Waals surface area contributed by atoms with Crippen molar-refractivity contribution in [1.29, 1.82) is 0 Å². The summed E-state index contributed by atoms with van der Waals surface area (Å²) in [5, 5.41) is 3.81. The summed E-state index contributed by atoms with van der Waals surface area (Å²) in [6, 6.07) is 58.4. The molecule has 0 atom stereocenters. The Balaban J connectivity index is 1.32. The Bertz CT molecular complexity index is 2320. The van der Waals surface area contributed by atoms with E-state index in [-0.39, 0.29) is 0 Å². The van der Waals surface area contributed by atoms with Crippen molar-refractivity contribution in [2.45, 2.75) is 0 Å². The normalized spacial score (nSPS) is 11.0. The molecule has 274 valence electrons. The summed E-state index contributed by atoms with van der Waals surface area (Å²) in [6.07, 6.45) is 3.67. The van der Waals surface area contributed by atoms with Crippen molar-refractivity contribution in [2.24, 2.45) is 0 Å². The largest absolute Gasteiger partial charge is 0.530 e. The molecular weight excluding hydrogens is 734 g/mol. The van der Waals surface area contributed by atoms with E-state index < -0.39 is 17.2 Å². The Hall–Kier alpha value is -6.58. The molecule has 0 aliphatic carbocycles. The maximum atomic E-state index is 6.89. The lowest BCUT2D eigenvalue weighted by Crippen LogP contribution is -2.05. The zero-order valence-electron chi connectivity index (χ0n) is 30.2. The third-order valence-electron chi connectivity index (χ3n) is 8.77. The van der Waals surface area contributed by atoms with Crippen molar-refractivity contribution in [1.82, 2.24) is 0 Å². The van der Waals surface area contributed by atoms with Crippen molar-refractivity contribution in [3.05, 3.63) is 206 Å². The van der Waals surface area contributed by atoms with Crippen LogP contribution in [-0.2, 0) is 0 Å². The first kappa shape index (κ1) is 36.4. The predicted molar refractivity (Wildman–Crippen MR) is 230 cm³/mol. The number of hydrogen-bond acceptors (Lipinski definition) is 6. The van der Waals surface area contributed by atoms with Gasteiger partial charge in [-0.2, -0.15) is 0 Å². The van der Waals surface area contributed by atoms with Gasteiger partial charge in [0.2, 0.25) is 0 Å². The number of benzene rings is 8. The fraction of sp³-hybridized carbons (Fsp3) is 0. The van der Waals surface area contributed by atoms with E-state index in [2.05, 4.69) is 37.4 Å². The average molecular weight is 771 g/mol. The van der Waals surface area contributed by atoms with Crippen molar-refractivity contribution in [3.63, 3.8) is 0 Å². The molecule has 0 heterocycles. The summed E-state index contributed by atoms with van der Waals surface area (Å²) in [5.41, 5.74) is 3.53. The molecule has 0 radical (unpaired) electrons. The molecule has 0 aliphatic heterocycles. The standard InChI is InChI=1S/C48H36O6P2/c1-3-35-25-29-43-37(33-35)27-31-45(53-55(49-39-17-9-5-10-18-39)50-40-19-11-6-12-20-40)47(43)48-44-30-26-36(4-2)34-38(44)28-32-46(48)54-56(51-41-21-13-7-14-22-41)52-42-23-15-8-16-24-42/h3-34H,1-2H2. The van der Waals surface area contributed by atoms with Crippen LogP contribution in [0.4, 0.5) is 0 Å². The van der Waals surface area contributed by atoms with E-state index in [4.69, 9.17) is 27.1 Å². The minimum Gasteiger partial charge on any atom is -0.409 e. The molecule has 8 heteroatoms. The quantitative estimate of drug-likeness (QED) is 0.0968. The van der Waals surface area contributed by atoms with Crippen molar-refractivity contribution in [2.75, 3.05) is 0 Å². The van der Waals surface area contributed by atoms with E-state index >= 15 is 0 Å². The molecule has 0 spiro atoms. The van der Waals surface area contributed by atoms with Gasteiger partial charge in [-0.05, 0) is 105 Å². The second-order valence-corrected chi connectivity index (χ2v) is 14.5. The second-order valence-electron chi connectivity index (χ2n) is 12.5. The van der Waals surface area contributed by atoms with Crippen LogP contribution in [0.1, 0.15) is 11.1 Å². The lowest BCUT2D eigenvalue weighted by atomic mass is 9.91. The number of rotatable bonds is 15. The molecule has 0 amide bonds. The summed E-state index contributed by atoms with van der Waals surface area (Å²) in [4.78, 5) is 0. The van der Waals surface area contributed by atoms with Gasteiger partial charge in [-0.3, -0.25) is 0 Å². The van der Waals surface area contributed by atoms with Crippen LogP contribution in [0.5, 0.6) is 34.5 Å². The minimum atomic E-state index is -2.02. The molecule has 8 rings (SSSR count). The Morgan fingerprint density at radius 1 is 0.339 bits per heavy atom. The van der Waals surface area contributed by atoms with E-state index in [1.165, 1.54) is 0 Å². The highest BCUT2D eigenvalue weighted by Gasteiger charge is 2.28. The zero-order valence-corrected chi connectivity index (χ0v) is 32.0. The van der Waals surface area contributed by atoms with Gasteiger partial charge in [0, 0.05) is 11.1 Å². The molecule has 0 saturated heterocycles. The first-order chi connectivity index (χ1) is 27.6. The van der Waals surface area contributed by atoms with Gasteiger partial charge in [0.1, 0.15) is 34.5 Å². The second kappa shape index (κ2) is 17.3. The van der Waals surface area contributed by atoms with Gasteiger partial charge in [0.05, 0.1) is 0 Å². The third kappa shape index (κ3) is 8.53. The fourth-order valence-corrected chi connectivity index (χ4v) is 8.14. The molecule has 0 aromatic heterocycles. The van der Waals surface area contributed by atoms with Crippen LogP contribution in [0, 0.1) is 0 Å². The SMILES string of the molecule is C=Cc1ccc2c(-c3c(OP(Oc4ccccc4)Oc4ccccc4)ccc4cc(C=C)ccc34)c(OP(Oc3ccccc3)Oc3ccccc3)ccc2c1. The van der Waals surface area contributed by atoms with Crippen LogP contribution in [0.2, 0.25) is 0 Å². The van der Waals surface area contributed by atoms with Gasteiger partial charge in [-0.1, -0.05) is 135 Å². The van der Waals surface area contributed by atoms with Crippen molar-refractivity contribution in [3.8, 4) is 45.6 Å². The summed E-state index contributed by atoms with van der Waals surface area (Å²) < 4.78 is 39.5. The van der Waals surface area contributed by atoms with E-state index in [0.29, 0.717) is 34.5 Å². The third-order valence-corrected chi connectivity index (χ3v) is 10.9. The summed E-state index contributed by atoms with van der Waals surface area (Å²) >= 11 is 0. The average Bonchev–Trinajstić information content (AvgIpc) is 3.25. The highest BCUT2D eigenvalue weighted by atomic mass is 31.2. The van der Waals surface area contributed by atoms with Gasteiger partial charge in [0.15, 0.2) is 0 Å². The number of hydrogen-bond donors (Lipinski definition) is 0. The summed E-state index contributed by atoms with van der Waals surface area (Å²) in [5.74, 6) is 3.51. The van der Waals surface area contributed by atoms with Gasteiger partial charge in [0.25, 0.3) is 0 Å². The molecule has 0 aliphatic rings. The van der Waals surface area contributed by atoms with Crippen LogP contribution in [-0.4, -0.2) is 0 Å². The van der Waals surface area contributed by atoms with Crippen LogP contribution < -0.4 is 27.1 Å². The molecule has 0 N–H and O–H groups in total. The Morgan fingerprint density at radius 2 is 0.661 bits per heavy atom. The molecule has 56 heavy (non-hydrogen) atoms. The molecule has 0 fully saturated rings. The van der Waals surface area contributed by atoms with Gasteiger partial charge < -0.3 is 27.1 Å². The first-order valence-electron chi connectivity index (χ1n) is 17.9. The zero-order chi connectivity index (χ0) is 38.1. The summed E-state index contributed by atoms with van der Waals surface area (Å²) in [7, 11) is -4.04. The van der Waals surface area contributed by atoms with Crippen LogP contribution in [0.3, 0.4) is 0 Å². The van der Waals surface area contributed by atoms with E-state index in [9.17, 15) is 0 Å². The highest BCUT2D eigenvalue weighted by Crippen LogP contribution is 2.53. The Morgan fingerprint density at radius 3 is 0.964 bits per heavy atom. The van der Waals surface area contributed by atoms with E-state index in [0.717, 1.165) is 43.8 Å². The molecule has 8 aromatic rings. The maximum absolute atomic E-state index is 6.89. The van der Waals surface area contributed by atoms with Gasteiger partial charge in [-0.25, -0.2) is 0 Å². The molecule has 0 unspecified atom stereocenters. The maximum Gasteiger partial charge on any atom is 0.530 e. The fourth-order valence-electron chi connectivity index (χ4n) is 6.12. The number of para-hydroxylation sites is 4. The molecular formula is C48H36O6P2. The molecule has 6 nitrogen and oxygen atoms in total. The van der Waals surface area contributed by atoms with Crippen molar-refractivity contribution >= 4 is 50.9 Å². The molecule has 0 saturated carbocycles. The first-order valence-corrected chi connectivity index (χ1v) is 20.1. The van der Waals surface area contributed by atoms with Crippen molar-refractivity contribution < 1.29 is 27.1 Å². The number of fused-ring (bicyclic) bond motifs is 2. The van der Waals surface area contributed by atoms with Crippen LogP contribution in [0.25, 0.3) is 44.8 Å². The topological polar surface area (TPSA) is 55.4 Å². The monoisotopic (exact) mass is 770 g/mol. The lowest BCUT2D eigenvalue weighted by Gasteiger charge is -2.24. The Labute approximate surface area is 328 Å². The van der Waals surface area contributed by atoms with E-state index in [1.54, 1.807) is 0 Å². The van der Waals surface area contributed by atoms with E-state index in [1.807, 2.05) is 170 Å². The Kier molecular flexibility index (Phi) is 11.2. The van der Waals surface area contributed by atoms with Crippen LogP contribution >= 0.6 is 17.2 Å². The van der Waals surface area contributed by atoms with Gasteiger partial charge >= 0.3 is 17.2 Å².